The van der Waals surface area contributed by atoms with Gasteiger partial charge in [-0.1, -0.05) is 35.9 Å². The van der Waals surface area contributed by atoms with E-state index in [1.807, 2.05) is 24.3 Å². The van der Waals surface area contributed by atoms with Crippen molar-refractivity contribution >= 4 is 22.5 Å². The summed E-state index contributed by atoms with van der Waals surface area (Å²) in [4.78, 5) is 0. The van der Waals surface area contributed by atoms with Crippen molar-refractivity contribution in [2.24, 2.45) is 0 Å². The van der Waals surface area contributed by atoms with E-state index in [1.54, 1.807) is 6.07 Å². The van der Waals surface area contributed by atoms with Gasteiger partial charge in [0.25, 0.3) is 0 Å². The van der Waals surface area contributed by atoms with Crippen molar-refractivity contribution < 1.29 is 9.50 Å². The zero-order chi connectivity index (χ0) is 13.4. The summed E-state index contributed by atoms with van der Waals surface area (Å²) in [5, 5.41) is 17.5. The number of hydrogen-bond acceptors (Lipinski definition) is 2. The lowest BCUT2D eigenvalue weighted by Crippen LogP contribution is -1.94. The number of phenols is 1. The van der Waals surface area contributed by atoms with Gasteiger partial charge in [0.15, 0.2) is 11.6 Å². The van der Waals surface area contributed by atoms with E-state index in [0.29, 0.717) is 12.0 Å². The van der Waals surface area contributed by atoms with Crippen LogP contribution >= 0.6 is 11.6 Å². The fourth-order valence-electron chi connectivity index (χ4n) is 2.06. The third-order valence-electron chi connectivity index (χ3n) is 3.05. The van der Waals surface area contributed by atoms with E-state index < -0.39 is 11.6 Å². The van der Waals surface area contributed by atoms with E-state index in [0.717, 1.165) is 16.6 Å². The molecule has 0 saturated heterocycles. The molecule has 0 atom stereocenters. The number of para-hydroxylation sites is 1. The zero-order valence-electron chi connectivity index (χ0n) is 9.82. The maximum atomic E-state index is 13.9. The summed E-state index contributed by atoms with van der Waals surface area (Å²) in [6.45, 7) is 0. The Labute approximate surface area is 113 Å². The van der Waals surface area contributed by atoms with Crippen LogP contribution in [-0.4, -0.2) is 15.3 Å². The smallest absolute Gasteiger partial charge is 0.170 e. The summed E-state index contributed by atoms with van der Waals surface area (Å²) in [7, 11) is 0. The van der Waals surface area contributed by atoms with Gasteiger partial charge >= 0.3 is 0 Å². The Balaban J connectivity index is 2.04. The largest absolute Gasteiger partial charge is 0.504 e. The van der Waals surface area contributed by atoms with Gasteiger partial charge in [0.05, 0.1) is 10.5 Å². The van der Waals surface area contributed by atoms with Crippen LogP contribution in [0.15, 0.2) is 36.4 Å². The predicted molar refractivity (Wildman–Crippen MR) is 72.0 cm³/mol. The van der Waals surface area contributed by atoms with Gasteiger partial charge in [-0.2, -0.15) is 5.10 Å². The fourth-order valence-corrected chi connectivity index (χ4v) is 2.20. The molecule has 0 aliphatic rings. The summed E-state index contributed by atoms with van der Waals surface area (Å²) in [6.07, 6.45) is 0.317. The molecule has 3 rings (SSSR count). The summed E-state index contributed by atoms with van der Waals surface area (Å²) >= 11 is 5.65. The molecule has 96 valence electrons. The molecule has 0 aliphatic carbocycles. The highest BCUT2D eigenvalue weighted by Gasteiger charge is 2.13. The van der Waals surface area contributed by atoms with Gasteiger partial charge in [-0.25, -0.2) is 4.39 Å². The van der Waals surface area contributed by atoms with Crippen LogP contribution in [0.2, 0.25) is 5.02 Å². The Morgan fingerprint density at radius 1 is 1.21 bits per heavy atom. The van der Waals surface area contributed by atoms with Crippen LogP contribution in [0.4, 0.5) is 4.39 Å². The molecule has 0 fully saturated rings. The molecule has 2 aromatic carbocycles. The van der Waals surface area contributed by atoms with E-state index in [4.69, 9.17) is 11.6 Å². The number of aromatic nitrogens is 2. The molecule has 1 aromatic heterocycles. The average molecular weight is 277 g/mol. The molecular formula is C14H10ClFN2O. The normalized spacial score (nSPS) is 11.1. The lowest BCUT2D eigenvalue weighted by atomic mass is 10.1. The maximum Gasteiger partial charge on any atom is 0.170 e. The zero-order valence-corrected chi connectivity index (χ0v) is 10.6. The number of nitrogens with zero attached hydrogens (tertiary/aromatic N) is 1. The second-order valence-electron chi connectivity index (χ2n) is 4.27. The quantitative estimate of drug-likeness (QED) is 0.750. The molecule has 0 saturated carbocycles. The molecule has 0 bridgehead atoms. The predicted octanol–water partition coefficient (Wildman–Crippen LogP) is 3.65. The summed E-state index contributed by atoms with van der Waals surface area (Å²) < 4.78 is 13.9. The van der Waals surface area contributed by atoms with Crippen LogP contribution in [0.25, 0.3) is 10.9 Å². The molecule has 2 N–H and O–H groups in total. The molecule has 3 nitrogen and oxygen atoms in total. The standard InChI is InChI=1S/C14H10ClFN2O/c15-10-6-5-8(13(16)14(10)19)7-12-9-3-1-2-4-11(9)17-18-12/h1-6,19H,7H2,(H,17,18). The second-order valence-corrected chi connectivity index (χ2v) is 4.67. The van der Waals surface area contributed by atoms with E-state index in [9.17, 15) is 9.50 Å². The van der Waals surface area contributed by atoms with Gasteiger partial charge in [0, 0.05) is 17.5 Å². The molecule has 0 spiro atoms. The minimum Gasteiger partial charge on any atom is -0.504 e. The van der Waals surface area contributed by atoms with E-state index in [1.165, 1.54) is 6.07 Å². The van der Waals surface area contributed by atoms with Crippen molar-refractivity contribution in [2.45, 2.75) is 6.42 Å². The van der Waals surface area contributed by atoms with Crippen LogP contribution < -0.4 is 0 Å². The number of H-pyrrole nitrogens is 1. The first-order valence-electron chi connectivity index (χ1n) is 5.74. The summed E-state index contributed by atoms with van der Waals surface area (Å²) in [5.74, 6) is -1.20. The highest BCUT2D eigenvalue weighted by molar-refractivity contribution is 6.32. The monoisotopic (exact) mass is 276 g/mol. The highest BCUT2D eigenvalue weighted by Crippen LogP contribution is 2.30. The molecule has 1 heterocycles. The molecule has 0 aliphatic heterocycles. The van der Waals surface area contributed by atoms with Crippen molar-refractivity contribution in [3.63, 3.8) is 0 Å². The van der Waals surface area contributed by atoms with Gasteiger partial charge in [-0.05, 0) is 17.7 Å². The topological polar surface area (TPSA) is 48.9 Å². The van der Waals surface area contributed by atoms with Gasteiger partial charge in [-0.15, -0.1) is 0 Å². The van der Waals surface area contributed by atoms with Crippen molar-refractivity contribution in [1.29, 1.82) is 0 Å². The Morgan fingerprint density at radius 2 is 2.00 bits per heavy atom. The molecule has 0 amide bonds. The van der Waals surface area contributed by atoms with Crippen LogP contribution in [-0.2, 0) is 6.42 Å². The molecule has 0 unspecified atom stereocenters. The third-order valence-corrected chi connectivity index (χ3v) is 3.36. The van der Waals surface area contributed by atoms with Gasteiger partial charge < -0.3 is 5.11 Å². The number of rotatable bonds is 2. The Bertz CT molecular complexity index is 754. The lowest BCUT2D eigenvalue weighted by molar-refractivity contribution is 0.429. The first kappa shape index (κ1) is 12.0. The van der Waals surface area contributed by atoms with Crippen molar-refractivity contribution in [2.75, 3.05) is 0 Å². The molecular weight excluding hydrogens is 267 g/mol. The molecule has 0 radical (unpaired) electrons. The van der Waals surface area contributed by atoms with Crippen LogP contribution in [0.5, 0.6) is 5.75 Å². The maximum absolute atomic E-state index is 13.9. The van der Waals surface area contributed by atoms with Crippen molar-refractivity contribution in [3.05, 3.63) is 58.5 Å². The van der Waals surface area contributed by atoms with E-state index >= 15 is 0 Å². The number of aromatic amines is 1. The fraction of sp³-hybridized carbons (Fsp3) is 0.0714. The first-order valence-corrected chi connectivity index (χ1v) is 6.12. The van der Waals surface area contributed by atoms with Crippen LogP contribution in [0.3, 0.4) is 0 Å². The Kier molecular flexibility index (Phi) is 2.87. The molecule has 19 heavy (non-hydrogen) atoms. The third kappa shape index (κ3) is 2.04. The second kappa shape index (κ2) is 4.55. The number of nitrogens with one attached hydrogen (secondary N) is 1. The number of benzene rings is 2. The number of aromatic hydroxyl groups is 1. The van der Waals surface area contributed by atoms with Gasteiger partial charge in [-0.3, -0.25) is 5.10 Å². The summed E-state index contributed by atoms with van der Waals surface area (Å²) in [6, 6.07) is 10.6. The highest BCUT2D eigenvalue weighted by atomic mass is 35.5. The number of phenolic OH excluding ortho intramolecular Hbond substituents is 1. The number of halogens is 2. The van der Waals surface area contributed by atoms with Gasteiger partial charge in [0.1, 0.15) is 0 Å². The Hall–Kier alpha value is -2.07. The number of hydrogen-bond donors (Lipinski definition) is 2. The van der Waals surface area contributed by atoms with E-state index in [2.05, 4.69) is 10.2 Å². The summed E-state index contributed by atoms with van der Waals surface area (Å²) in [5.41, 5.74) is 2.00. The van der Waals surface area contributed by atoms with Crippen molar-refractivity contribution in [3.8, 4) is 5.75 Å². The van der Waals surface area contributed by atoms with E-state index in [-0.39, 0.29) is 5.02 Å². The molecule has 3 aromatic rings. The van der Waals surface area contributed by atoms with Crippen LogP contribution in [0.1, 0.15) is 11.3 Å². The minimum absolute atomic E-state index is 0.00992. The minimum atomic E-state index is -0.689. The number of fused-ring (bicyclic) bond motifs is 1. The van der Waals surface area contributed by atoms with Gasteiger partial charge in [0.2, 0.25) is 0 Å². The van der Waals surface area contributed by atoms with Crippen molar-refractivity contribution in [1.82, 2.24) is 10.2 Å². The first-order chi connectivity index (χ1) is 9.16. The Morgan fingerprint density at radius 3 is 2.84 bits per heavy atom. The average Bonchev–Trinajstić information content (AvgIpc) is 2.83. The molecule has 5 heteroatoms. The lowest BCUT2D eigenvalue weighted by Gasteiger charge is -2.05. The van der Waals surface area contributed by atoms with Crippen LogP contribution in [0, 0.1) is 5.82 Å². The SMILES string of the molecule is Oc1c(Cl)ccc(Cc2[nH]nc3ccccc23)c1F.